The zero-order valence-electron chi connectivity index (χ0n) is 26.2. The maximum Gasteiger partial charge on any atom is 0.317 e. The first kappa shape index (κ1) is 33.6. The predicted molar refractivity (Wildman–Crippen MR) is 170 cm³/mol. The number of oxazole rings is 1. The van der Waals surface area contributed by atoms with E-state index in [1.165, 1.54) is 32.1 Å². The number of carboxylic acid groups (broad SMARTS) is 1. The molecule has 0 radical (unpaired) electrons. The van der Waals surface area contributed by atoms with Gasteiger partial charge in [-0.05, 0) is 65.1 Å². The number of nitrogens with zero attached hydrogens (tertiary/aromatic N) is 4. The second-order valence-electron chi connectivity index (χ2n) is 11.9. The molecule has 0 aromatic carbocycles. The number of hydrogen-bond acceptors (Lipinski definition) is 11. The number of carbonyl (C=O) groups excluding carboxylic acids is 1. The third-order valence-corrected chi connectivity index (χ3v) is 8.19. The average molecular weight is 614 g/mol. The fraction of sp³-hybridized carbons (Fsp3) is 0.710. The highest BCUT2D eigenvalue weighted by atomic mass is 16.4. The van der Waals surface area contributed by atoms with Gasteiger partial charge in [0.2, 0.25) is 11.9 Å². The van der Waals surface area contributed by atoms with Crippen molar-refractivity contribution >= 4 is 23.6 Å². The van der Waals surface area contributed by atoms with Crippen LogP contribution in [0.25, 0.3) is 0 Å². The topological polar surface area (TPSA) is 170 Å². The Balaban J connectivity index is 1.09. The molecule has 2 aromatic rings. The van der Waals surface area contributed by atoms with Gasteiger partial charge in [0.05, 0.1) is 18.8 Å². The summed E-state index contributed by atoms with van der Waals surface area (Å²) in [5, 5.41) is 25.4. The van der Waals surface area contributed by atoms with Crippen LogP contribution in [0.2, 0.25) is 0 Å². The Bertz CT molecular complexity index is 1150. The Morgan fingerprint density at radius 3 is 2.55 bits per heavy atom. The van der Waals surface area contributed by atoms with Gasteiger partial charge >= 0.3 is 5.97 Å². The number of carboxylic acids is 1. The normalized spacial score (nSPS) is 16.2. The van der Waals surface area contributed by atoms with Crippen LogP contribution in [0.1, 0.15) is 81.5 Å². The number of nitrogens with one attached hydrogen (secondary N) is 5. The minimum Gasteiger partial charge on any atom is -0.480 e. The highest BCUT2D eigenvalue weighted by Crippen LogP contribution is 2.19. The Hall–Kier alpha value is -3.29. The summed E-state index contributed by atoms with van der Waals surface area (Å²) in [4.78, 5) is 38.6. The highest BCUT2D eigenvalue weighted by Gasteiger charge is 2.23. The van der Waals surface area contributed by atoms with Crippen molar-refractivity contribution in [3.63, 3.8) is 0 Å². The van der Waals surface area contributed by atoms with Crippen LogP contribution in [0.4, 0.5) is 11.8 Å². The van der Waals surface area contributed by atoms with Crippen molar-refractivity contribution < 1.29 is 19.1 Å². The highest BCUT2D eigenvalue weighted by molar-refractivity contribution is 5.76. The summed E-state index contributed by atoms with van der Waals surface area (Å²) in [5.41, 5.74) is 1.67. The van der Waals surface area contributed by atoms with Gasteiger partial charge in [-0.3, -0.25) is 9.59 Å². The minimum absolute atomic E-state index is 0.0476. The van der Waals surface area contributed by atoms with Gasteiger partial charge in [-0.1, -0.05) is 19.3 Å². The predicted octanol–water partition coefficient (Wildman–Crippen LogP) is 2.69. The van der Waals surface area contributed by atoms with E-state index in [4.69, 9.17) is 9.52 Å². The summed E-state index contributed by atoms with van der Waals surface area (Å²) in [6.07, 6.45) is 13.4. The minimum atomic E-state index is -0.924. The third-order valence-electron chi connectivity index (χ3n) is 8.19. The lowest BCUT2D eigenvalue weighted by Crippen LogP contribution is -2.43. The Morgan fingerprint density at radius 1 is 0.955 bits per heavy atom. The monoisotopic (exact) mass is 613 g/mol. The van der Waals surface area contributed by atoms with Gasteiger partial charge in [-0.2, -0.15) is 4.98 Å². The molecule has 13 nitrogen and oxygen atoms in total. The van der Waals surface area contributed by atoms with Gasteiger partial charge in [0, 0.05) is 56.3 Å². The summed E-state index contributed by atoms with van der Waals surface area (Å²) in [7, 11) is 0. The number of hydrogen-bond donors (Lipinski definition) is 6. The second-order valence-corrected chi connectivity index (χ2v) is 11.9. The van der Waals surface area contributed by atoms with E-state index in [2.05, 4.69) is 41.5 Å². The zero-order valence-corrected chi connectivity index (χ0v) is 26.2. The maximum absolute atomic E-state index is 12.4. The van der Waals surface area contributed by atoms with Crippen LogP contribution in [0, 0.1) is 6.92 Å². The molecule has 44 heavy (non-hydrogen) atoms. The van der Waals surface area contributed by atoms with Crippen LogP contribution in [0.5, 0.6) is 0 Å². The molecule has 6 N–H and O–H groups in total. The second kappa shape index (κ2) is 18.5. The van der Waals surface area contributed by atoms with Gasteiger partial charge in [-0.15, -0.1) is 0 Å². The number of aryl methyl sites for hydroxylation is 2. The summed E-state index contributed by atoms with van der Waals surface area (Å²) in [5.74, 6) is 1.15. The van der Waals surface area contributed by atoms with Gasteiger partial charge in [0.25, 0.3) is 0 Å². The van der Waals surface area contributed by atoms with Crippen molar-refractivity contribution in [2.45, 2.75) is 96.2 Å². The first-order valence-electron chi connectivity index (χ1n) is 16.4. The fourth-order valence-corrected chi connectivity index (χ4v) is 5.78. The third kappa shape index (κ3) is 12.4. The van der Waals surface area contributed by atoms with Gasteiger partial charge in [-0.25, -0.2) is 9.97 Å². The Kier molecular flexibility index (Phi) is 14.1. The molecule has 1 amide bonds. The summed E-state index contributed by atoms with van der Waals surface area (Å²) in [6, 6.07) is 2.86. The molecule has 1 aliphatic heterocycles. The van der Waals surface area contributed by atoms with Crippen LogP contribution in [0.15, 0.2) is 16.7 Å². The van der Waals surface area contributed by atoms with E-state index in [0.717, 1.165) is 80.9 Å². The largest absolute Gasteiger partial charge is 0.480 e. The molecule has 4 rings (SSSR count). The van der Waals surface area contributed by atoms with E-state index in [1.54, 1.807) is 6.26 Å². The van der Waals surface area contributed by atoms with Gasteiger partial charge in [0.15, 0.2) is 5.89 Å². The maximum atomic E-state index is 12.4. The number of amides is 1. The molecule has 1 saturated carbocycles. The van der Waals surface area contributed by atoms with E-state index in [0.29, 0.717) is 38.5 Å². The first-order chi connectivity index (χ1) is 21.4. The van der Waals surface area contributed by atoms with E-state index in [9.17, 15) is 9.59 Å². The van der Waals surface area contributed by atoms with Crippen molar-refractivity contribution in [3.8, 4) is 0 Å². The first-order valence-corrected chi connectivity index (χ1v) is 16.4. The molecule has 0 bridgehead atoms. The van der Waals surface area contributed by atoms with Crippen LogP contribution < -0.4 is 26.6 Å². The lowest BCUT2D eigenvalue weighted by atomic mass is 9.95. The van der Waals surface area contributed by atoms with Crippen molar-refractivity contribution in [1.82, 2.24) is 35.8 Å². The lowest BCUT2D eigenvalue weighted by Gasteiger charge is -2.32. The molecule has 2 aromatic heterocycles. The van der Waals surface area contributed by atoms with Crippen molar-refractivity contribution in [1.29, 1.82) is 0 Å². The van der Waals surface area contributed by atoms with E-state index >= 15 is 0 Å². The van der Waals surface area contributed by atoms with Crippen LogP contribution >= 0.6 is 0 Å². The summed E-state index contributed by atoms with van der Waals surface area (Å²) < 4.78 is 5.68. The zero-order chi connectivity index (χ0) is 31.0. The number of likely N-dealkylation sites (tertiary alicyclic amines) is 1. The number of piperidine rings is 1. The molecule has 0 atom stereocenters. The summed E-state index contributed by atoms with van der Waals surface area (Å²) in [6.45, 7) is 7.04. The van der Waals surface area contributed by atoms with Crippen molar-refractivity contribution in [2.75, 3.05) is 56.4 Å². The average Bonchev–Trinajstić information content (AvgIpc) is 3.48. The van der Waals surface area contributed by atoms with Crippen LogP contribution in [-0.2, 0) is 22.6 Å². The van der Waals surface area contributed by atoms with E-state index < -0.39 is 5.97 Å². The van der Waals surface area contributed by atoms with Crippen LogP contribution in [0.3, 0.4) is 0 Å². The molecule has 2 fully saturated rings. The molecule has 13 heteroatoms. The molecular weight excluding hydrogens is 562 g/mol. The molecule has 0 spiro atoms. The number of rotatable bonds is 19. The lowest BCUT2D eigenvalue weighted by molar-refractivity contribution is -0.136. The molecular formula is C31H51N9O4. The van der Waals surface area contributed by atoms with Crippen molar-refractivity contribution in [3.05, 3.63) is 29.6 Å². The van der Waals surface area contributed by atoms with E-state index in [-0.39, 0.29) is 18.5 Å². The van der Waals surface area contributed by atoms with Crippen molar-refractivity contribution in [2.24, 2.45) is 0 Å². The standard InChI is InChI=1S/C31H51N9O4/c1-23-19-27(37-25-11-17-40(18-12-25)29(41)10-16-33-21-30(42)43)39-31(36-23)35-20-26-22-44-28(38-26)9-5-13-32-14-6-15-34-24-7-3-2-4-8-24/h19,22,24-25,32-34H,2-18,20-21H2,1H3,(H,42,43)(H2,35,36,37,39). The molecule has 244 valence electrons. The molecule has 1 saturated heterocycles. The molecule has 2 aliphatic rings. The van der Waals surface area contributed by atoms with Crippen LogP contribution in [-0.4, -0.2) is 94.7 Å². The molecule has 3 heterocycles. The summed E-state index contributed by atoms with van der Waals surface area (Å²) >= 11 is 0. The van der Waals surface area contributed by atoms with E-state index in [1.807, 2.05) is 17.9 Å². The molecule has 0 unspecified atom stereocenters. The van der Waals surface area contributed by atoms with Gasteiger partial charge in [0.1, 0.15) is 12.1 Å². The number of aliphatic carboxylic acids is 1. The Morgan fingerprint density at radius 2 is 1.75 bits per heavy atom. The number of anilines is 2. The fourth-order valence-electron chi connectivity index (χ4n) is 5.78. The number of aromatic nitrogens is 3. The Labute approximate surface area is 260 Å². The molecule has 1 aliphatic carbocycles. The van der Waals surface area contributed by atoms with Gasteiger partial charge < -0.3 is 41.0 Å². The number of carbonyl (C=O) groups is 2. The SMILES string of the molecule is Cc1cc(NC2CCN(C(=O)CCNCC(=O)O)CC2)nc(NCc2coc(CCCNCCCNC3CCCCC3)n2)n1. The quantitative estimate of drug-likeness (QED) is 0.128. The smallest absolute Gasteiger partial charge is 0.317 e.